The second-order valence-electron chi connectivity index (χ2n) is 4.69. The quantitative estimate of drug-likeness (QED) is 0.847. The van der Waals surface area contributed by atoms with E-state index >= 15 is 0 Å². The molecule has 1 fully saturated rings. The molecule has 1 aliphatic rings. The fourth-order valence-electron chi connectivity index (χ4n) is 1.66. The van der Waals surface area contributed by atoms with Gasteiger partial charge in [0.2, 0.25) is 5.91 Å². The molecule has 5 nitrogen and oxygen atoms in total. The predicted octanol–water partition coefficient (Wildman–Crippen LogP) is 0.801. The maximum atomic E-state index is 11.8. The van der Waals surface area contributed by atoms with Crippen molar-refractivity contribution in [1.82, 2.24) is 0 Å². The molecule has 1 saturated carbocycles. The van der Waals surface area contributed by atoms with E-state index in [0.29, 0.717) is 18.5 Å². The van der Waals surface area contributed by atoms with Crippen molar-refractivity contribution in [3.05, 3.63) is 24.3 Å². The zero-order valence-electron chi connectivity index (χ0n) is 10.0. The van der Waals surface area contributed by atoms with Crippen molar-refractivity contribution in [2.75, 3.05) is 18.2 Å². The lowest BCUT2D eigenvalue weighted by Gasteiger charge is -2.12. The van der Waals surface area contributed by atoms with Crippen LogP contribution in [0.15, 0.2) is 29.2 Å². The average Bonchev–Trinajstić information content (AvgIpc) is 3.09. The molecule has 0 bridgehead atoms. The number of hydrogen-bond acceptors (Lipinski definition) is 4. The van der Waals surface area contributed by atoms with Crippen molar-refractivity contribution >= 4 is 21.4 Å². The van der Waals surface area contributed by atoms with Gasteiger partial charge in [0.25, 0.3) is 0 Å². The number of aliphatic hydroxyl groups is 1. The maximum Gasteiger partial charge on any atom is 0.232 e. The van der Waals surface area contributed by atoms with Crippen LogP contribution < -0.4 is 5.32 Å². The van der Waals surface area contributed by atoms with E-state index < -0.39 is 15.3 Å². The van der Waals surface area contributed by atoms with Crippen LogP contribution in [0.4, 0.5) is 5.69 Å². The van der Waals surface area contributed by atoms with Crippen molar-refractivity contribution in [2.45, 2.75) is 17.7 Å². The molecule has 0 spiro atoms. The third-order valence-electron chi connectivity index (χ3n) is 3.18. The molecule has 18 heavy (non-hydrogen) atoms. The molecule has 2 N–H and O–H groups in total. The number of benzene rings is 1. The summed E-state index contributed by atoms with van der Waals surface area (Å²) in [7, 11) is -3.22. The van der Waals surface area contributed by atoms with E-state index in [1.54, 1.807) is 12.1 Å². The Balaban J connectivity index is 2.10. The second kappa shape index (κ2) is 4.37. The van der Waals surface area contributed by atoms with Crippen molar-refractivity contribution in [1.29, 1.82) is 0 Å². The summed E-state index contributed by atoms with van der Waals surface area (Å²) in [6.07, 6.45) is 2.51. The van der Waals surface area contributed by atoms with Crippen LogP contribution in [0, 0.1) is 5.41 Å². The molecule has 0 atom stereocenters. The number of hydrogen-bond donors (Lipinski definition) is 2. The molecule has 2 rings (SSSR count). The van der Waals surface area contributed by atoms with Crippen molar-refractivity contribution < 1.29 is 18.3 Å². The van der Waals surface area contributed by atoms with Crippen LogP contribution in [0.1, 0.15) is 12.8 Å². The highest BCUT2D eigenvalue weighted by Crippen LogP contribution is 2.45. The Morgan fingerprint density at radius 2 is 1.89 bits per heavy atom. The first-order valence-corrected chi connectivity index (χ1v) is 7.49. The van der Waals surface area contributed by atoms with Gasteiger partial charge in [-0.2, -0.15) is 0 Å². The van der Waals surface area contributed by atoms with Gasteiger partial charge in [-0.25, -0.2) is 8.42 Å². The predicted molar refractivity (Wildman–Crippen MR) is 66.9 cm³/mol. The topological polar surface area (TPSA) is 83.5 Å². The summed E-state index contributed by atoms with van der Waals surface area (Å²) in [6, 6.07) is 5.98. The minimum Gasteiger partial charge on any atom is -0.395 e. The Morgan fingerprint density at radius 1 is 1.33 bits per heavy atom. The SMILES string of the molecule is CS(=O)(=O)c1ccc(NC(=O)C2(CO)CC2)cc1. The summed E-state index contributed by atoms with van der Waals surface area (Å²) in [4.78, 5) is 12.0. The first-order valence-electron chi connectivity index (χ1n) is 5.60. The van der Waals surface area contributed by atoms with Crippen LogP contribution in [-0.4, -0.2) is 32.3 Å². The van der Waals surface area contributed by atoms with Gasteiger partial charge >= 0.3 is 0 Å². The second-order valence-corrected chi connectivity index (χ2v) is 6.70. The standard InChI is InChI=1S/C12H15NO4S/c1-18(16,17)10-4-2-9(3-5-10)13-11(15)12(8-14)6-7-12/h2-5,14H,6-8H2,1H3,(H,13,15). The van der Waals surface area contributed by atoms with Crippen LogP contribution in [0.25, 0.3) is 0 Å². The van der Waals surface area contributed by atoms with Gasteiger partial charge in [0.15, 0.2) is 9.84 Å². The molecular formula is C12H15NO4S. The number of carbonyl (C=O) groups is 1. The summed E-state index contributed by atoms with van der Waals surface area (Å²) < 4.78 is 22.5. The van der Waals surface area contributed by atoms with E-state index in [2.05, 4.69) is 5.32 Å². The number of nitrogens with one attached hydrogen (secondary N) is 1. The molecule has 0 heterocycles. The fraction of sp³-hybridized carbons (Fsp3) is 0.417. The Bertz CT molecular complexity index is 558. The van der Waals surface area contributed by atoms with Crippen molar-refractivity contribution in [3.8, 4) is 0 Å². The van der Waals surface area contributed by atoms with Crippen molar-refractivity contribution in [2.24, 2.45) is 5.41 Å². The molecule has 0 aliphatic heterocycles. The minimum absolute atomic E-state index is 0.153. The van der Waals surface area contributed by atoms with Crippen LogP contribution in [0.5, 0.6) is 0 Å². The van der Waals surface area contributed by atoms with E-state index in [-0.39, 0.29) is 17.4 Å². The molecule has 1 aromatic carbocycles. The number of amides is 1. The monoisotopic (exact) mass is 269 g/mol. The number of aliphatic hydroxyl groups excluding tert-OH is 1. The lowest BCUT2D eigenvalue weighted by atomic mass is 10.1. The van der Waals surface area contributed by atoms with Crippen LogP contribution >= 0.6 is 0 Å². The van der Waals surface area contributed by atoms with E-state index in [9.17, 15) is 13.2 Å². The largest absolute Gasteiger partial charge is 0.395 e. The normalized spacial score (nSPS) is 17.2. The molecule has 1 amide bonds. The van der Waals surface area contributed by atoms with Gasteiger partial charge in [0.05, 0.1) is 16.9 Å². The third-order valence-corrected chi connectivity index (χ3v) is 4.31. The molecule has 0 saturated heterocycles. The highest BCUT2D eigenvalue weighted by atomic mass is 32.2. The van der Waals surface area contributed by atoms with Gasteiger partial charge in [0.1, 0.15) is 0 Å². The first-order chi connectivity index (χ1) is 8.37. The van der Waals surface area contributed by atoms with Gasteiger partial charge < -0.3 is 10.4 Å². The molecule has 1 aliphatic carbocycles. The summed E-state index contributed by atoms with van der Waals surface area (Å²) >= 11 is 0. The number of anilines is 1. The molecule has 98 valence electrons. The van der Waals surface area contributed by atoms with Crippen LogP contribution in [0.2, 0.25) is 0 Å². The average molecular weight is 269 g/mol. The zero-order valence-corrected chi connectivity index (χ0v) is 10.8. The van der Waals surface area contributed by atoms with Gasteiger partial charge in [-0.1, -0.05) is 0 Å². The van der Waals surface area contributed by atoms with E-state index in [1.807, 2.05) is 0 Å². The Morgan fingerprint density at radius 3 is 2.28 bits per heavy atom. The zero-order chi connectivity index (χ0) is 13.4. The Labute approximate surface area is 106 Å². The fourth-order valence-corrected chi connectivity index (χ4v) is 2.29. The maximum absolute atomic E-state index is 11.8. The number of sulfone groups is 1. The summed E-state index contributed by atoms with van der Waals surface area (Å²) in [5, 5.41) is 11.8. The highest BCUT2D eigenvalue weighted by molar-refractivity contribution is 7.90. The van der Waals surface area contributed by atoms with Gasteiger partial charge in [0, 0.05) is 11.9 Å². The van der Waals surface area contributed by atoms with Crippen molar-refractivity contribution in [3.63, 3.8) is 0 Å². The van der Waals surface area contributed by atoms with E-state index in [4.69, 9.17) is 5.11 Å². The molecule has 0 radical (unpaired) electrons. The van der Waals surface area contributed by atoms with Crippen LogP contribution in [-0.2, 0) is 14.6 Å². The Hall–Kier alpha value is -1.40. The molecular weight excluding hydrogens is 254 g/mol. The number of rotatable bonds is 4. The summed E-state index contributed by atoms with van der Waals surface area (Å²) in [5.74, 6) is -0.211. The van der Waals surface area contributed by atoms with Gasteiger partial charge in [-0.3, -0.25) is 4.79 Å². The van der Waals surface area contributed by atoms with E-state index in [0.717, 1.165) is 6.26 Å². The molecule has 0 unspecified atom stereocenters. The molecule has 0 aromatic heterocycles. The lowest BCUT2D eigenvalue weighted by Crippen LogP contribution is -2.27. The number of carbonyl (C=O) groups excluding carboxylic acids is 1. The third kappa shape index (κ3) is 2.54. The molecule has 1 aromatic rings. The smallest absolute Gasteiger partial charge is 0.232 e. The Kier molecular flexibility index (Phi) is 3.16. The molecule has 6 heteroatoms. The first kappa shape index (κ1) is 13.0. The lowest BCUT2D eigenvalue weighted by molar-refractivity contribution is -0.122. The highest BCUT2D eigenvalue weighted by Gasteiger charge is 2.49. The van der Waals surface area contributed by atoms with Gasteiger partial charge in [-0.15, -0.1) is 0 Å². The summed E-state index contributed by atoms with van der Waals surface area (Å²) in [6.45, 7) is -0.153. The van der Waals surface area contributed by atoms with E-state index in [1.165, 1.54) is 12.1 Å². The van der Waals surface area contributed by atoms with Gasteiger partial charge in [-0.05, 0) is 37.1 Å². The van der Waals surface area contributed by atoms with Crippen LogP contribution in [0.3, 0.4) is 0 Å². The summed E-state index contributed by atoms with van der Waals surface area (Å²) in [5.41, 5.74) is -0.0951. The minimum atomic E-state index is -3.22.